The van der Waals surface area contributed by atoms with Crippen LogP contribution in [0.2, 0.25) is 19.6 Å². The lowest BCUT2D eigenvalue weighted by molar-refractivity contribution is -0.109. The van der Waals surface area contributed by atoms with Crippen LogP contribution in [0.4, 0.5) is 0 Å². The molecule has 1 nitrogen and oxygen atoms in total. The molecule has 10 heavy (non-hydrogen) atoms. The minimum absolute atomic E-state index is 0.0896. The van der Waals surface area contributed by atoms with Crippen molar-refractivity contribution in [2.45, 2.75) is 26.6 Å². The molecule has 0 aliphatic rings. The first-order chi connectivity index (χ1) is 4.45. The lowest BCUT2D eigenvalue weighted by atomic mass is 10.2. The molecule has 0 aliphatic heterocycles. The quantitative estimate of drug-likeness (QED) is 0.452. The maximum Gasteiger partial charge on any atom is 0.126 e. The summed E-state index contributed by atoms with van der Waals surface area (Å²) in [6.45, 7) is 8.66. The Kier molecular flexibility index (Phi) is 3.57. The third-order valence-corrected chi connectivity index (χ3v) is 2.31. The predicted molar refractivity (Wildman–Crippen MR) is 47.7 cm³/mol. The van der Waals surface area contributed by atoms with Crippen LogP contribution >= 0.6 is 0 Å². The van der Waals surface area contributed by atoms with Crippen molar-refractivity contribution >= 4 is 14.4 Å². The van der Waals surface area contributed by atoms with Crippen molar-refractivity contribution in [2.75, 3.05) is 0 Å². The first-order valence-electron chi connectivity index (χ1n) is 3.60. The van der Waals surface area contributed by atoms with Gasteiger partial charge in [0.25, 0.3) is 0 Å². The lowest BCUT2D eigenvalue weighted by Gasteiger charge is -2.08. The monoisotopic (exact) mass is 156 g/mol. The van der Waals surface area contributed by atoms with Crippen molar-refractivity contribution in [1.82, 2.24) is 0 Å². The molecule has 0 saturated heterocycles. The summed E-state index contributed by atoms with van der Waals surface area (Å²) in [5.74, 6) is 0.0896. The van der Waals surface area contributed by atoms with Crippen molar-refractivity contribution in [3.05, 3.63) is 11.8 Å². The van der Waals surface area contributed by atoms with Gasteiger partial charge in [-0.05, 0) is 0 Å². The molecule has 0 rings (SSSR count). The molecule has 0 aromatic heterocycles. The average Bonchev–Trinajstić information content (AvgIpc) is 1.81. The largest absolute Gasteiger partial charge is 0.303 e. The van der Waals surface area contributed by atoms with E-state index in [2.05, 4.69) is 25.3 Å². The van der Waals surface area contributed by atoms with Crippen LogP contribution in [0, 0.1) is 5.92 Å². The maximum atomic E-state index is 10.2. The molecule has 0 aromatic carbocycles. The zero-order chi connectivity index (χ0) is 8.20. The van der Waals surface area contributed by atoms with E-state index in [1.54, 1.807) is 0 Å². The summed E-state index contributed by atoms with van der Waals surface area (Å²) in [5.41, 5.74) is 2.20. The van der Waals surface area contributed by atoms with Crippen molar-refractivity contribution in [1.29, 1.82) is 0 Å². The fourth-order valence-electron chi connectivity index (χ4n) is 0.486. The van der Waals surface area contributed by atoms with Crippen LogP contribution < -0.4 is 0 Å². The van der Waals surface area contributed by atoms with E-state index in [1.165, 1.54) is 0 Å². The van der Waals surface area contributed by atoms with Gasteiger partial charge in [-0.3, -0.25) is 0 Å². The second kappa shape index (κ2) is 3.71. The highest BCUT2D eigenvalue weighted by Gasteiger charge is 2.07. The Morgan fingerprint density at radius 1 is 1.30 bits per heavy atom. The van der Waals surface area contributed by atoms with Gasteiger partial charge >= 0.3 is 0 Å². The van der Waals surface area contributed by atoms with Crippen LogP contribution in [-0.4, -0.2) is 14.4 Å². The van der Waals surface area contributed by atoms with Gasteiger partial charge in [0.05, 0.1) is 8.07 Å². The standard InChI is InChI=1S/C8H16OSi/c1-8(7-9)5-6-10(2,3)4/h5-8H,1-4H3. The highest BCUT2D eigenvalue weighted by atomic mass is 28.3. The molecule has 0 heterocycles. The van der Waals surface area contributed by atoms with Gasteiger partial charge in [0.1, 0.15) is 6.29 Å². The van der Waals surface area contributed by atoms with Crippen molar-refractivity contribution < 1.29 is 4.79 Å². The molecule has 0 amide bonds. The number of aldehydes is 1. The molecule has 0 saturated carbocycles. The van der Waals surface area contributed by atoms with Gasteiger partial charge in [-0.15, -0.1) is 0 Å². The fourth-order valence-corrected chi connectivity index (χ4v) is 1.37. The molecule has 0 bridgehead atoms. The van der Waals surface area contributed by atoms with Gasteiger partial charge < -0.3 is 4.79 Å². The molecule has 58 valence electrons. The minimum Gasteiger partial charge on any atom is -0.303 e. The highest BCUT2D eigenvalue weighted by Crippen LogP contribution is 2.04. The predicted octanol–water partition coefficient (Wildman–Crippen LogP) is 2.25. The van der Waals surface area contributed by atoms with Crippen molar-refractivity contribution in [2.24, 2.45) is 5.92 Å². The summed E-state index contributed by atoms with van der Waals surface area (Å²) >= 11 is 0. The minimum atomic E-state index is -1.08. The van der Waals surface area contributed by atoms with Crippen LogP contribution in [0.25, 0.3) is 0 Å². The number of carbonyl (C=O) groups is 1. The Labute approximate surface area is 64.1 Å². The Balaban J connectivity index is 3.87. The number of carbonyl (C=O) groups excluding carboxylic acids is 1. The van der Waals surface area contributed by atoms with Gasteiger partial charge in [0.15, 0.2) is 0 Å². The number of allylic oxidation sites excluding steroid dienone is 1. The second-order valence-corrected chi connectivity index (χ2v) is 8.79. The molecule has 0 aliphatic carbocycles. The van der Waals surface area contributed by atoms with Crippen molar-refractivity contribution in [3.8, 4) is 0 Å². The zero-order valence-corrected chi connectivity index (χ0v) is 8.22. The molecule has 2 heteroatoms. The summed E-state index contributed by atoms with van der Waals surface area (Å²) in [5, 5.41) is 0. The molecule has 0 N–H and O–H groups in total. The Bertz CT molecular complexity index is 133. The van der Waals surface area contributed by atoms with Crippen LogP contribution in [0.1, 0.15) is 6.92 Å². The molecule has 0 fully saturated rings. The van der Waals surface area contributed by atoms with Crippen LogP contribution in [-0.2, 0) is 4.79 Å². The van der Waals surface area contributed by atoms with Crippen molar-refractivity contribution in [3.63, 3.8) is 0 Å². The topological polar surface area (TPSA) is 17.1 Å². The molecule has 0 spiro atoms. The SMILES string of the molecule is CC(C=O)C=C[Si](C)(C)C. The van der Waals surface area contributed by atoms with E-state index >= 15 is 0 Å². The molecule has 1 atom stereocenters. The highest BCUT2D eigenvalue weighted by molar-refractivity contribution is 6.80. The summed E-state index contributed by atoms with van der Waals surface area (Å²) in [4.78, 5) is 10.2. The summed E-state index contributed by atoms with van der Waals surface area (Å²) in [7, 11) is -1.08. The molecular weight excluding hydrogens is 140 g/mol. The number of hydrogen-bond acceptors (Lipinski definition) is 1. The van der Waals surface area contributed by atoms with E-state index in [0.717, 1.165) is 6.29 Å². The maximum absolute atomic E-state index is 10.2. The van der Waals surface area contributed by atoms with E-state index in [-0.39, 0.29) is 5.92 Å². The Morgan fingerprint density at radius 2 is 1.80 bits per heavy atom. The molecule has 1 unspecified atom stereocenters. The van der Waals surface area contributed by atoms with Gasteiger partial charge in [-0.2, -0.15) is 0 Å². The molecular formula is C8H16OSi. The summed E-state index contributed by atoms with van der Waals surface area (Å²) < 4.78 is 0. The van der Waals surface area contributed by atoms with Crippen LogP contribution in [0.15, 0.2) is 11.8 Å². The number of hydrogen-bond donors (Lipinski definition) is 0. The van der Waals surface area contributed by atoms with Crippen LogP contribution in [0.3, 0.4) is 0 Å². The van der Waals surface area contributed by atoms with E-state index in [9.17, 15) is 4.79 Å². The number of rotatable bonds is 3. The van der Waals surface area contributed by atoms with E-state index < -0.39 is 8.07 Å². The van der Waals surface area contributed by atoms with Gasteiger partial charge in [-0.1, -0.05) is 38.3 Å². The van der Waals surface area contributed by atoms with Crippen LogP contribution in [0.5, 0.6) is 0 Å². The van der Waals surface area contributed by atoms with Gasteiger partial charge in [-0.25, -0.2) is 0 Å². The summed E-state index contributed by atoms with van der Waals surface area (Å²) in [6.07, 6.45) is 2.97. The molecule has 0 radical (unpaired) electrons. The first kappa shape index (κ1) is 9.63. The third-order valence-electron chi connectivity index (χ3n) is 1.11. The lowest BCUT2D eigenvalue weighted by Crippen LogP contribution is -2.16. The summed E-state index contributed by atoms with van der Waals surface area (Å²) in [6, 6.07) is 0. The third kappa shape index (κ3) is 5.76. The van der Waals surface area contributed by atoms with Gasteiger partial charge in [0, 0.05) is 5.92 Å². The van der Waals surface area contributed by atoms with Gasteiger partial charge in [0.2, 0.25) is 0 Å². The Hall–Kier alpha value is -0.373. The zero-order valence-electron chi connectivity index (χ0n) is 7.22. The van der Waals surface area contributed by atoms with E-state index in [0.29, 0.717) is 0 Å². The normalized spacial score (nSPS) is 15.6. The van der Waals surface area contributed by atoms with E-state index in [4.69, 9.17) is 0 Å². The molecule has 0 aromatic rings. The van der Waals surface area contributed by atoms with E-state index in [1.807, 2.05) is 13.0 Å². The average molecular weight is 156 g/mol. The smallest absolute Gasteiger partial charge is 0.126 e. The fraction of sp³-hybridized carbons (Fsp3) is 0.625. The first-order valence-corrected chi connectivity index (χ1v) is 7.18. The second-order valence-electron chi connectivity index (χ2n) is 3.72. The Morgan fingerprint density at radius 3 is 2.10 bits per heavy atom.